The molecular formula is C21H24ClNO4. The molecule has 0 spiro atoms. The zero-order valence-electron chi connectivity index (χ0n) is 15.4. The number of halogens is 1. The van der Waals surface area contributed by atoms with Crippen molar-refractivity contribution in [2.24, 2.45) is 0 Å². The van der Waals surface area contributed by atoms with Gasteiger partial charge in [-0.05, 0) is 42.7 Å². The van der Waals surface area contributed by atoms with Gasteiger partial charge in [0.25, 0.3) is 0 Å². The fraction of sp³-hybridized carbons (Fsp3) is 0.381. The SMILES string of the molecule is COc1cccc(OCCNC(=O)C2(c3cccc(Cl)c3)CCOCC2)c1. The van der Waals surface area contributed by atoms with Gasteiger partial charge >= 0.3 is 0 Å². The van der Waals surface area contributed by atoms with Gasteiger partial charge in [0, 0.05) is 24.3 Å². The van der Waals surface area contributed by atoms with E-state index in [4.69, 9.17) is 25.8 Å². The summed E-state index contributed by atoms with van der Waals surface area (Å²) in [6.07, 6.45) is 1.27. The second-order valence-electron chi connectivity index (χ2n) is 6.49. The molecule has 1 saturated heterocycles. The average Bonchev–Trinajstić information content (AvgIpc) is 2.71. The smallest absolute Gasteiger partial charge is 0.230 e. The number of carbonyl (C=O) groups excluding carboxylic acids is 1. The fourth-order valence-electron chi connectivity index (χ4n) is 3.35. The number of benzene rings is 2. The normalized spacial score (nSPS) is 15.8. The second kappa shape index (κ2) is 9.11. The van der Waals surface area contributed by atoms with Crippen LogP contribution in [0.1, 0.15) is 18.4 Å². The monoisotopic (exact) mass is 389 g/mol. The lowest BCUT2D eigenvalue weighted by Crippen LogP contribution is -2.48. The first-order chi connectivity index (χ1) is 13.1. The number of hydrogen-bond acceptors (Lipinski definition) is 4. The predicted octanol–water partition coefficient (Wildman–Crippen LogP) is 3.59. The third-order valence-electron chi connectivity index (χ3n) is 4.86. The van der Waals surface area contributed by atoms with Crippen LogP contribution in [0.4, 0.5) is 0 Å². The van der Waals surface area contributed by atoms with Gasteiger partial charge in [-0.3, -0.25) is 4.79 Å². The summed E-state index contributed by atoms with van der Waals surface area (Å²) in [6, 6.07) is 14.9. The Labute approximate surface area is 164 Å². The van der Waals surface area contributed by atoms with Crippen molar-refractivity contribution in [1.82, 2.24) is 5.32 Å². The van der Waals surface area contributed by atoms with Crippen LogP contribution in [-0.4, -0.2) is 39.4 Å². The van der Waals surface area contributed by atoms with Crippen molar-refractivity contribution in [3.8, 4) is 11.5 Å². The van der Waals surface area contributed by atoms with Crippen molar-refractivity contribution < 1.29 is 19.0 Å². The Morgan fingerprint density at radius 1 is 1.15 bits per heavy atom. The largest absolute Gasteiger partial charge is 0.497 e. The number of carbonyl (C=O) groups is 1. The second-order valence-corrected chi connectivity index (χ2v) is 6.92. The summed E-state index contributed by atoms with van der Waals surface area (Å²) in [6.45, 7) is 1.90. The van der Waals surface area contributed by atoms with E-state index < -0.39 is 5.41 Å². The van der Waals surface area contributed by atoms with Gasteiger partial charge in [0.1, 0.15) is 18.1 Å². The van der Waals surface area contributed by atoms with Crippen LogP contribution in [-0.2, 0) is 14.9 Å². The third-order valence-corrected chi connectivity index (χ3v) is 5.09. The number of amides is 1. The molecular weight excluding hydrogens is 366 g/mol. The van der Waals surface area contributed by atoms with E-state index in [9.17, 15) is 4.79 Å². The van der Waals surface area contributed by atoms with Crippen molar-refractivity contribution in [3.05, 3.63) is 59.1 Å². The molecule has 1 heterocycles. The lowest BCUT2D eigenvalue weighted by molar-refractivity contribution is -0.130. The molecule has 0 aromatic heterocycles. The van der Waals surface area contributed by atoms with E-state index in [2.05, 4.69) is 5.32 Å². The van der Waals surface area contributed by atoms with E-state index in [1.54, 1.807) is 7.11 Å². The summed E-state index contributed by atoms with van der Waals surface area (Å²) in [5, 5.41) is 3.65. The molecule has 3 rings (SSSR count). The van der Waals surface area contributed by atoms with Gasteiger partial charge in [-0.15, -0.1) is 0 Å². The Hall–Kier alpha value is -2.24. The van der Waals surface area contributed by atoms with E-state index >= 15 is 0 Å². The standard InChI is InChI=1S/C21H24ClNO4/c1-25-18-6-3-7-19(15-18)27-13-10-23-20(24)21(8-11-26-12-9-21)16-4-2-5-17(22)14-16/h2-7,14-15H,8-13H2,1H3,(H,23,24). The summed E-state index contributed by atoms with van der Waals surface area (Å²) < 4.78 is 16.4. The van der Waals surface area contributed by atoms with Crippen LogP contribution in [0.25, 0.3) is 0 Å². The molecule has 1 aliphatic rings. The molecule has 0 unspecified atom stereocenters. The third kappa shape index (κ3) is 4.73. The first-order valence-corrected chi connectivity index (χ1v) is 9.41. The van der Waals surface area contributed by atoms with Gasteiger partial charge in [-0.1, -0.05) is 29.8 Å². The molecule has 6 heteroatoms. The minimum absolute atomic E-state index is 0.0118. The van der Waals surface area contributed by atoms with E-state index in [1.807, 2.05) is 48.5 Å². The Bertz CT molecular complexity index is 774. The number of methoxy groups -OCH3 is 1. The predicted molar refractivity (Wildman–Crippen MR) is 105 cm³/mol. The molecule has 144 valence electrons. The quantitative estimate of drug-likeness (QED) is 0.735. The van der Waals surface area contributed by atoms with Crippen molar-refractivity contribution >= 4 is 17.5 Å². The first kappa shape index (κ1) is 19.5. The molecule has 0 aliphatic carbocycles. The van der Waals surface area contributed by atoms with E-state index in [-0.39, 0.29) is 5.91 Å². The van der Waals surface area contributed by atoms with E-state index in [1.165, 1.54) is 0 Å². The van der Waals surface area contributed by atoms with Crippen LogP contribution in [0.3, 0.4) is 0 Å². The Morgan fingerprint density at radius 3 is 2.63 bits per heavy atom. The Morgan fingerprint density at radius 2 is 1.89 bits per heavy atom. The van der Waals surface area contributed by atoms with Crippen LogP contribution < -0.4 is 14.8 Å². The maximum absolute atomic E-state index is 13.1. The lowest BCUT2D eigenvalue weighted by Gasteiger charge is -2.36. The minimum Gasteiger partial charge on any atom is -0.497 e. The zero-order valence-corrected chi connectivity index (χ0v) is 16.1. The van der Waals surface area contributed by atoms with Crippen molar-refractivity contribution in [2.75, 3.05) is 33.5 Å². The molecule has 1 amide bonds. The molecule has 5 nitrogen and oxygen atoms in total. The summed E-state index contributed by atoms with van der Waals surface area (Å²) >= 11 is 6.16. The maximum atomic E-state index is 13.1. The highest BCUT2D eigenvalue weighted by molar-refractivity contribution is 6.30. The molecule has 0 saturated carbocycles. The first-order valence-electron chi connectivity index (χ1n) is 9.03. The zero-order chi connectivity index (χ0) is 19.1. The van der Waals surface area contributed by atoms with Crippen molar-refractivity contribution in [2.45, 2.75) is 18.3 Å². The highest BCUT2D eigenvalue weighted by atomic mass is 35.5. The Balaban J connectivity index is 1.61. The summed E-state index contributed by atoms with van der Waals surface area (Å²) in [7, 11) is 1.61. The highest BCUT2D eigenvalue weighted by Crippen LogP contribution is 2.36. The molecule has 2 aromatic carbocycles. The minimum atomic E-state index is -0.612. The molecule has 0 radical (unpaired) electrons. The van der Waals surface area contributed by atoms with Crippen LogP contribution in [0.15, 0.2) is 48.5 Å². The van der Waals surface area contributed by atoms with Gasteiger partial charge < -0.3 is 19.5 Å². The summed E-state index contributed by atoms with van der Waals surface area (Å²) in [5.41, 5.74) is 0.323. The molecule has 1 fully saturated rings. The van der Waals surface area contributed by atoms with Crippen LogP contribution >= 0.6 is 11.6 Å². The van der Waals surface area contributed by atoms with Crippen LogP contribution in [0, 0.1) is 0 Å². The maximum Gasteiger partial charge on any atom is 0.230 e. The van der Waals surface area contributed by atoms with Crippen LogP contribution in [0.2, 0.25) is 5.02 Å². The molecule has 2 aromatic rings. The van der Waals surface area contributed by atoms with Gasteiger partial charge in [-0.25, -0.2) is 0 Å². The van der Waals surface area contributed by atoms with Crippen molar-refractivity contribution in [3.63, 3.8) is 0 Å². The number of ether oxygens (including phenoxy) is 3. The van der Waals surface area contributed by atoms with Crippen molar-refractivity contribution in [1.29, 1.82) is 0 Å². The summed E-state index contributed by atoms with van der Waals surface area (Å²) in [5.74, 6) is 1.43. The van der Waals surface area contributed by atoms with Crippen LogP contribution in [0.5, 0.6) is 11.5 Å². The van der Waals surface area contributed by atoms with E-state index in [0.29, 0.717) is 50.0 Å². The topological polar surface area (TPSA) is 56.8 Å². The van der Waals surface area contributed by atoms with Gasteiger partial charge in [0.2, 0.25) is 5.91 Å². The van der Waals surface area contributed by atoms with Gasteiger partial charge in [0.05, 0.1) is 19.1 Å². The Kier molecular flexibility index (Phi) is 6.58. The molecule has 0 bridgehead atoms. The number of nitrogens with one attached hydrogen (secondary N) is 1. The fourth-order valence-corrected chi connectivity index (χ4v) is 3.54. The molecule has 27 heavy (non-hydrogen) atoms. The van der Waals surface area contributed by atoms with Gasteiger partial charge in [0.15, 0.2) is 0 Å². The average molecular weight is 390 g/mol. The number of hydrogen-bond donors (Lipinski definition) is 1. The highest BCUT2D eigenvalue weighted by Gasteiger charge is 2.41. The van der Waals surface area contributed by atoms with Gasteiger partial charge in [-0.2, -0.15) is 0 Å². The number of rotatable bonds is 7. The lowest BCUT2D eigenvalue weighted by atomic mass is 9.73. The summed E-state index contributed by atoms with van der Waals surface area (Å²) in [4.78, 5) is 13.1. The molecule has 0 atom stereocenters. The molecule has 1 aliphatic heterocycles. The van der Waals surface area contributed by atoms with E-state index in [0.717, 1.165) is 11.3 Å². The molecule has 1 N–H and O–H groups in total.